The molecule has 60 heavy (non-hydrogen) atoms. The molecule has 0 radical (unpaired) electrons. The average molecular weight is 837 g/mol. The number of thiophene rings is 2. The molecule has 0 aliphatic rings. The summed E-state index contributed by atoms with van der Waals surface area (Å²) in [6, 6.07) is 37.9. The van der Waals surface area contributed by atoms with E-state index in [4.69, 9.17) is 17.7 Å². The average Bonchev–Trinajstić information content (AvgIpc) is 4.07. The van der Waals surface area contributed by atoms with E-state index in [1.165, 1.54) is 69.2 Å². The molecule has 0 aliphatic carbocycles. The van der Waals surface area contributed by atoms with Gasteiger partial charge < -0.3 is 17.7 Å². The van der Waals surface area contributed by atoms with Crippen molar-refractivity contribution in [1.82, 2.24) is 0 Å². The number of aryl methyl sites for hydroxylation is 11. The van der Waals surface area contributed by atoms with Gasteiger partial charge in [0.2, 0.25) is 0 Å². The normalized spacial score (nSPS) is 10.6. The monoisotopic (exact) mass is 836 g/mol. The van der Waals surface area contributed by atoms with Gasteiger partial charge in [0.15, 0.2) is 0 Å². The van der Waals surface area contributed by atoms with Crippen LogP contribution < -0.4 is 0 Å². The zero-order chi connectivity index (χ0) is 43.5. The fourth-order valence-corrected chi connectivity index (χ4v) is 8.46. The molecule has 10 aromatic rings. The summed E-state index contributed by atoms with van der Waals surface area (Å²) < 4.78 is 24.0. The van der Waals surface area contributed by atoms with Crippen LogP contribution in [0.1, 0.15) is 86.8 Å². The Morgan fingerprint density at radius 3 is 1.57 bits per heavy atom. The van der Waals surface area contributed by atoms with Gasteiger partial charge in [-0.1, -0.05) is 62.4 Å². The molecule has 4 nitrogen and oxygen atoms in total. The minimum absolute atomic E-state index is 0.513. The van der Waals surface area contributed by atoms with Gasteiger partial charge in [-0.15, -0.1) is 22.7 Å². The van der Waals surface area contributed by atoms with E-state index >= 15 is 0 Å². The molecular weight excluding hydrogens is 777 g/mol. The van der Waals surface area contributed by atoms with Crippen molar-refractivity contribution < 1.29 is 17.7 Å². The Bertz CT molecular complexity index is 2690. The van der Waals surface area contributed by atoms with E-state index in [2.05, 4.69) is 153 Å². The third kappa shape index (κ3) is 13.2. The van der Waals surface area contributed by atoms with Crippen molar-refractivity contribution in [2.45, 2.75) is 95.9 Å². The first-order valence-corrected chi connectivity index (χ1v) is 22.2. The predicted octanol–water partition coefficient (Wildman–Crippen LogP) is 17.7. The number of benzene rings is 4. The van der Waals surface area contributed by atoms with Crippen LogP contribution in [-0.2, 0) is 0 Å². The van der Waals surface area contributed by atoms with Gasteiger partial charge >= 0.3 is 0 Å². The Hall–Kier alpha value is -5.56. The number of furan rings is 4. The molecule has 4 aromatic carbocycles. The Morgan fingerprint density at radius 1 is 0.433 bits per heavy atom. The summed E-state index contributed by atoms with van der Waals surface area (Å²) in [5, 5.41) is 7.40. The van der Waals surface area contributed by atoms with Crippen molar-refractivity contribution in [3.63, 3.8) is 0 Å². The van der Waals surface area contributed by atoms with Gasteiger partial charge in [0.05, 0.1) is 6.26 Å². The van der Waals surface area contributed by atoms with Crippen LogP contribution >= 0.6 is 22.7 Å². The lowest BCUT2D eigenvalue weighted by atomic mass is 10.1. The highest BCUT2D eigenvalue weighted by Gasteiger charge is 2.03. The highest BCUT2D eigenvalue weighted by atomic mass is 32.1. The molecule has 0 aliphatic heterocycles. The maximum Gasteiger partial charge on any atom is 0.134 e. The third-order valence-electron chi connectivity index (χ3n) is 9.65. The van der Waals surface area contributed by atoms with Gasteiger partial charge in [-0.2, -0.15) is 0 Å². The standard InChI is InChI=1S/2C10H10O.2C10H10S.C8H12O.C6H8O/c1-7-3-4-9-8(2)6-11-10(9)5-7;1-7-3-4-9-6-8(2)11-10(9)5-7;1-7-3-4-9-8(2)6-11-10(9)5-7;1-7-3-4-9-6-8(2)11-10(9)5-7;1-6(2)8-5-4-7(3)9-8;1-5-3-4-6(2)7-5/h4*3-6H,1-2H3;4-6H,1-3H3;3-4H,1-2H3. The van der Waals surface area contributed by atoms with Crippen LogP contribution in [0.4, 0.5) is 0 Å². The molecule has 312 valence electrons. The zero-order valence-electron chi connectivity index (χ0n) is 37.6. The van der Waals surface area contributed by atoms with Crippen LogP contribution in [0.15, 0.2) is 139 Å². The lowest BCUT2D eigenvalue weighted by Crippen LogP contribution is -1.79. The molecule has 6 aromatic heterocycles. The molecule has 0 fully saturated rings. The minimum Gasteiger partial charge on any atom is -0.467 e. The summed E-state index contributed by atoms with van der Waals surface area (Å²) in [5.41, 5.74) is 9.76. The van der Waals surface area contributed by atoms with Crippen LogP contribution in [0.2, 0.25) is 0 Å². The summed E-state index contributed by atoms with van der Waals surface area (Å²) in [6.45, 7) is 26.8. The highest BCUT2D eigenvalue weighted by molar-refractivity contribution is 7.19. The summed E-state index contributed by atoms with van der Waals surface area (Å²) in [6.07, 6.45) is 1.80. The molecule has 6 heteroatoms. The maximum absolute atomic E-state index is 5.45. The van der Waals surface area contributed by atoms with Crippen LogP contribution in [0.25, 0.3) is 42.1 Å². The predicted molar refractivity (Wildman–Crippen MR) is 260 cm³/mol. The first-order chi connectivity index (χ1) is 28.5. The molecule has 0 spiro atoms. The number of rotatable bonds is 1. The molecule has 0 bridgehead atoms. The topological polar surface area (TPSA) is 52.6 Å². The largest absolute Gasteiger partial charge is 0.467 e. The number of hydrogen-bond donors (Lipinski definition) is 0. The molecule has 10 rings (SSSR count). The molecule has 6 heterocycles. The van der Waals surface area contributed by atoms with Crippen molar-refractivity contribution in [3.05, 3.63) is 188 Å². The van der Waals surface area contributed by atoms with E-state index in [0.717, 1.165) is 40.0 Å². The number of fused-ring (bicyclic) bond motifs is 4. The van der Waals surface area contributed by atoms with E-state index in [1.807, 2.05) is 74.6 Å². The Kier molecular flexibility index (Phi) is 16.0. The summed E-state index contributed by atoms with van der Waals surface area (Å²) in [5.74, 6) is 5.53. The Labute approximate surface area is 364 Å². The van der Waals surface area contributed by atoms with E-state index < -0.39 is 0 Å². The molecule has 0 N–H and O–H groups in total. The fourth-order valence-electron chi connectivity index (χ4n) is 6.40. The van der Waals surface area contributed by atoms with Gasteiger partial charge in [0.25, 0.3) is 0 Å². The van der Waals surface area contributed by atoms with Gasteiger partial charge in [-0.05, 0) is 186 Å². The van der Waals surface area contributed by atoms with Gasteiger partial charge in [-0.3, -0.25) is 0 Å². The SMILES string of the molecule is Cc1ccc(C(C)C)o1.Cc1ccc(C)o1.Cc1ccc2c(C)coc2c1.Cc1ccc2c(C)csc2c1.Cc1ccc2cc(C)oc2c1.Cc1ccc2cc(C)sc2c1. The first kappa shape index (κ1) is 45.5. The smallest absolute Gasteiger partial charge is 0.134 e. The lowest BCUT2D eigenvalue weighted by Gasteiger charge is -1.96. The molecular formula is C54H60O4S2. The lowest BCUT2D eigenvalue weighted by molar-refractivity contribution is 0.463. The summed E-state index contributed by atoms with van der Waals surface area (Å²) >= 11 is 3.69. The molecule has 0 unspecified atom stereocenters. The maximum atomic E-state index is 5.45. The fraction of sp³-hybridized carbons (Fsp3) is 0.259. The third-order valence-corrected chi connectivity index (χ3v) is 11.7. The molecule has 0 atom stereocenters. The van der Waals surface area contributed by atoms with Crippen LogP contribution in [0, 0.1) is 76.2 Å². The molecule has 0 amide bonds. The van der Waals surface area contributed by atoms with Gasteiger partial charge in [-0.25, -0.2) is 0 Å². The second-order valence-corrected chi connectivity index (χ2v) is 18.1. The first-order valence-electron chi connectivity index (χ1n) is 20.5. The minimum atomic E-state index is 0.513. The summed E-state index contributed by atoms with van der Waals surface area (Å²) in [7, 11) is 0. The zero-order valence-corrected chi connectivity index (χ0v) is 39.2. The Balaban J connectivity index is 0.000000137. The molecule has 0 saturated heterocycles. The van der Waals surface area contributed by atoms with E-state index in [1.54, 1.807) is 6.26 Å². The van der Waals surface area contributed by atoms with E-state index in [-0.39, 0.29) is 0 Å². The van der Waals surface area contributed by atoms with Crippen molar-refractivity contribution in [2.24, 2.45) is 0 Å². The van der Waals surface area contributed by atoms with Crippen LogP contribution in [0.5, 0.6) is 0 Å². The number of hydrogen-bond acceptors (Lipinski definition) is 6. The van der Waals surface area contributed by atoms with Crippen molar-refractivity contribution in [1.29, 1.82) is 0 Å². The quantitative estimate of drug-likeness (QED) is 0.165. The highest BCUT2D eigenvalue weighted by Crippen LogP contribution is 2.27. The molecule has 0 saturated carbocycles. The van der Waals surface area contributed by atoms with Crippen molar-refractivity contribution >= 4 is 64.8 Å². The van der Waals surface area contributed by atoms with Gasteiger partial charge in [0, 0.05) is 31.0 Å². The second-order valence-electron chi connectivity index (χ2n) is 15.9. The van der Waals surface area contributed by atoms with Gasteiger partial charge in [0.1, 0.15) is 40.0 Å². The van der Waals surface area contributed by atoms with Crippen LogP contribution in [-0.4, -0.2) is 0 Å². The van der Waals surface area contributed by atoms with Crippen molar-refractivity contribution in [2.75, 3.05) is 0 Å². The van der Waals surface area contributed by atoms with Crippen LogP contribution in [0.3, 0.4) is 0 Å². The Morgan fingerprint density at radius 2 is 0.983 bits per heavy atom. The van der Waals surface area contributed by atoms with E-state index in [9.17, 15) is 0 Å². The second kappa shape index (κ2) is 21.1. The van der Waals surface area contributed by atoms with Crippen molar-refractivity contribution in [3.8, 4) is 0 Å². The summed E-state index contributed by atoms with van der Waals surface area (Å²) in [4.78, 5) is 1.39. The van der Waals surface area contributed by atoms with E-state index in [0.29, 0.717) is 5.92 Å².